The molecular weight excluding hydrogens is 288 g/mol. The van der Waals surface area contributed by atoms with Crippen LogP contribution in [0.3, 0.4) is 0 Å². The molecule has 0 aliphatic heterocycles. The molecule has 0 heterocycles. The van der Waals surface area contributed by atoms with Gasteiger partial charge in [0.25, 0.3) is 0 Å². The van der Waals surface area contributed by atoms with E-state index in [0.717, 1.165) is 25.2 Å². The molecule has 0 aliphatic carbocycles. The predicted octanol–water partition coefficient (Wildman–Crippen LogP) is 3.18. The molecule has 0 saturated heterocycles. The van der Waals surface area contributed by atoms with Gasteiger partial charge in [0.15, 0.2) is 11.5 Å². The van der Waals surface area contributed by atoms with Gasteiger partial charge >= 0.3 is 0 Å². The zero-order valence-electron chi connectivity index (χ0n) is 13.7. The minimum Gasteiger partial charge on any atom is -0.490 e. The summed E-state index contributed by atoms with van der Waals surface area (Å²) in [6.45, 7) is 9.18. The predicted molar refractivity (Wildman–Crippen MR) is 88.6 cm³/mol. The number of nitrogens with one attached hydrogen (secondary N) is 1. The highest BCUT2D eigenvalue weighted by Crippen LogP contribution is 2.37. The Hall–Kier alpha value is -0.970. The van der Waals surface area contributed by atoms with Crippen LogP contribution in [-0.4, -0.2) is 44.8 Å². The van der Waals surface area contributed by atoms with Gasteiger partial charge in [0.2, 0.25) is 0 Å². The first-order chi connectivity index (χ1) is 9.93. The van der Waals surface area contributed by atoms with Crippen LogP contribution < -0.4 is 14.8 Å². The van der Waals surface area contributed by atoms with Crippen LogP contribution in [0.25, 0.3) is 0 Å². The van der Waals surface area contributed by atoms with E-state index < -0.39 is 0 Å². The highest BCUT2D eigenvalue weighted by atomic mass is 35.5. The van der Waals surface area contributed by atoms with Crippen molar-refractivity contribution in [1.82, 2.24) is 10.2 Å². The van der Waals surface area contributed by atoms with E-state index in [9.17, 15) is 0 Å². The first kappa shape index (κ1) is 18.1. The van der Waals surface area contributed by atoms with Crippen molar-refractivity contribution in [3.05, 3.63) is 22.7 Å². The summed E-state index contributed by atoms with van der Waals surface area (Å²) in [4.78, 5) is 2.14. The minimum absolute atomic E-state index is 0.0609. The van der Waals surface area contributed by atoms with Gasteiger partial charge in [-0.05, 0) is 52.6 Å². The number of halogens is 1. The molecule has 1 N–H and O–H groups in total. The summed E-state index contributed by atoms with van der Waals surface area (Å²) in [7, 11) is 4.12. The first-order valence-electron chi connectivity index (χ1n) is 7.41. The number of rotatable bonds is 9. The largest absolute Gasteiger partial charge is 0.490 e. The molecule has 0 amide bonds. The van der Waals surface area contributed by atoms with Crippen molar-refractivity contribution in [3.8, 4) is 11.5 Å². The highest BCUT2D eigenvalue weighted by molar-refractivity contribution is 6.32. The number of nitrogens with zero attached hydrogens (tertiary/aromatic N) is 1. The molecule has 5 heteroatoms. The van der Waals surface area contributed by atoms with Crippen molar-refractivity contribution in [2.24, 2.45) is 0 Å². The Balaban J connectivity index is 2.77. The fourth-order valence-electron chi connectivity index (χ4n) is 1.87. The fraction of sp³-hybridized carbons (Fsp3) is 0.625. The Morgan fingerprint density at radius 2 is 2.00 bits per heavy atom. The molecule has 120 valence electrons. The number of hydrogen-bond acceptors (Lipinski definition) is 4. The Bertz CT molecular complexity index is 437. The third-order valence-corrected chi connectivity index (χ3v) is 3.07. The number of ether oxygens (including phenoxy) is 2. The topological polar surface area (TPSA) is 33.7 Å². The zero-order valence-corrected chi connectivity index (χ0v) is 14.5. The van der Waals surface area contributed by atoms with E-state index in [1.807, 2.05) is 32.9 Å². The smallest absolute Gasteiger partial charge is 0.180 e. The van der Waals surface area contributed by atoms with Crippen LogP contribution in [0.5, 0.6) is 11.5 Å². The summed E-state index contributed by atoms with van der Waals surface area (Å²) in [5, 5.41) is 3.99. The summed E-state index contributed by atoms with van der Waals surface area (Å²) in [5.41, 5.74) is 1.10. The van der Waals surface area contributed by atoms with Crippen molar-refractivity contribution in [2.75, 3.05) is 33.8 Å². The van der Waals surface area contributed by atoms with Crippen molar-refractivity contribution in [1.29, 1.82) is 0 Å². The molecular formula is C16H27ClN2O2. The summed E-state index contributed by atoms with van der Waals surface area (Å²) in [5.74, 6) is 1.34. The van der Waals surface area contributed by atoms with Gasteiger partial charge in [-0.25, -0.2) is 0 Å². The summed E-state index contributed by atoms with van der Waals surface area (Å²) in [6.07, 6.45) is 0.0609. The van der Waals surface area contributed by atoms with Crippen molar-refractivity contribution < 1.29 is 9.47 Å². The molecule has 1 aromatic carbocycles. The molecule has 1 aromatic rings. The Morgan fingerprint density at radius 1 is 1.29 bits per heavy atom. The second kappa shape index (κ2) is 9.13. The van der Waals surface area contributed by atoms with Gasteiger partial charge in [-0.15, -0.1) is 0 Å². The standard InChI is InChI=1S/C16H27ClN2O2/c1-6-20-15-10-13(11-18-7-8-19(4)5)9-14(17)16(15)21-12(2)3/h9-10,12,18H,6-8,11H2,1-5H3. The zero-order chi connectivity index (χ0) is 15.8. The summed E-state index contributed by atoms with van der Waals surface area (Å²) in [6, 6.07) is 3.93. The molecule has 0 radical (unpaired) electrons. The van der Waals surface area contributed by atoms with Gasteiger partial charge in [0.05, 0.1) is 17.7 Å². The van der Waals surface area contributed by atoms with Gasteiger partial charge < -0.3 is 19.7 Å². The van der Waals surface area contributed by atoms with Crippen LogP contribution in [0.1, 0.15) is 26.3 Å². The Morgan fingerprint density at radius 3 is 2.57 bits per heavy atom. The average molecular weight is 315 g/mol. The quantitative estimate of drug-likeness (QED) is 0.710. The highest BCUT2D eigenvalue weighted by Gasteiger charge is 2.13. The van der Waals surface area contributed by atoms with Gasteiger partial charge in [0, 0.05) is 19.6 Å². The lowest BCUT2D eigenvalue weighted by Gasteiger charge is -2.17. The van der Waals surface area contributed by atoms with Crippen LogP contribution in [-0.2, 0) is 6.54 Å². The molecule has 0 aliphatic rings. The molecule has 1 rings (SSSR count). The molecule has 0 atom stereocenters. The lowest BCUT2D eigenvalue weighted by molar-refractivity contribution is 0.224. The van der Waals surface area contributed by atoms with E-state index >= 15 is 0 Å². The maximum absolute atomic E-state index is 6.34. The van der Waals surface area contributed by atoms with E-state index in [-0.39, 0.29) is 6.10 Å². The molecule has 0 unspecified atom stereocenters. The normalized spacial score (nSPS) is 11.2. The second-order valence-corrected chi connectivity index (χ2v) is 5.89. The van der Waals surface area contributed by atoms with Crippen LogP contribution in [0, 0.1) is 0 Å². The first-order valence-corrected chi connectivity index (χ1v) is 7.79. The molecule has 0 bridgehead atoms. The summed E-state index contributed by atoms with van der Waals surface area (Å²) < 4.78 is 11.4. The van der Waals surface area contributed by atoms with E-state index in [0.29, 0.717) is 23.1 Å². The SMILES string of the molecule is CCOc1cc(CNCCN(C)C)cc(Cl)c1OC(C)C. The molecule has 0 spiro atoms. The van der Waals surface area contributed by atoms with Crippen molar-refractivity contribution in [3.63, 3.8) is 0 Å². The maximum Gasteiger partial charge on any atom is 0.180 e. The molecule has 0 aromatic heterocycles. The van der Waals surface area contributed by atoms with Gasteiger partial charge in [-0.2, -0.15) is 0 Å². The van der Waals surface area contributed by atoms with E-state index in [1.54, 1.807) is 0 Å². The monoisotopic (exact) mass is 314 g/mol. The van der Waals surface area contributed by atoms with Gasteiger partial charge in [-0.1, -0.05) is 11.6 Å². The lowest BCUT2D eigenvalue weighted by atomic mass is 10.2. The van der Waals surface area contributed by atoms with Crippen LogP contribution >= 0.6 is 11.6 Å². The maximum atomic E-state index is 6.34. The van der Waals surface area contributed by atoms with Crippen molar-refractivity contribution in [2.45, 2.75) is 33.4 Å². The van der Waals surface area contributed by atoms with Crippen LogP contribution in [0.4, 0.5) is 0 Å². The molecule has 0 saturated carbocycles. The minimum atomic E-state index is 0.0609. The fourth-order valence-corrected chi connectivity index (χ4v) is 2.15. The van der Waals surface area contributed by atoms with E-state index in [4.69, 9.17) is 21.1 Å². The Kier molecular flexibility index (Phi) is 7.86. The third-order valence-electron chi connectivity index (χ3n) is 2.79. The van der Waals surface area contributed by atoms with Crippen LogP contribution in [0.15, 0.2) is 12.1 Å². The van der Waals surface area contributed by atoms with E-state index in [2.05, 4.69) is 24.3 Å². The second-order valence-electron chi connectivity index (χ2n) is 5.48. The lowest BCUT2D eigenvalue weighted by Crippen LogP contribution is -2.26. The number of hydrogen-bond donors (Lipinski definition) is 1. The Labute approximate surface area is 133 Å². The molecule has 4 nitrogen and oxygen atoms in total. The van der Waals surface area contributed by atoms with Crippen molar-refractivity contribution >= 4 is 11.6 Å². The number of likely N-dealkylation sites (N-methyl/N-ethyl adjacent to an activating group) is 1. The van der Waals surface area contributed by atoms with E-state index in [1.165, 1.54) is 0 Å². The average Bonchev–Trinajstić information content (AvgIpc) is 2.38. The molecule has 21 heavy (non-hydrogen) atoms. The van der Waals surface area contributed by atoms with Gasteiger partial charge in [0.1, 0.15) is 0 Å². The molecule has 0 fully saturated rings. The summed E-state index contributed by atoms with van der Waals surface area (Å²) >= 11 is 6.34. The third kappa shape index (κ3) is 6.55. The number of benzene rings is 1. The van der Waals surface area contributed by atoms with Gasteiger partial charge in [-0.3, -0.25) is 0 Å². The van der Waals surface area contributed by atoms with Crippen LogP contribution in [0.2, 0.25) is 5.02 Å².